The fourth-order valence-electron chi connectivity index (χ4n) is 2.75. The lowest BCUT2D eigenvalue weighted by molar-refractivity contribution is 0.171. The lowest BCUT2D eigenvalue weighted by Gasteiger charge is -2.12. The molecule has 7 heteroatoms. The van der Waals surface area contributed by atoms with Crippen LogP contribution < -0.4 is 19.5 Å². The number of methoxy groups -OCH3 is 1. The summed E-state index contributed by atoms with van der Waals surface area (Å²) in [5.41, 5.74) is 0.978. The minimum absolute atomic E-state index is 0.197. The van der Waals surface area contributed by atoms with Gasteiger partial charge in [-0.05, 0) is 30.5 Å². The van der Waals surface area contributed by atoms with Crippen molar-refractivity contribution in [1.29, 1.82) is 0 Å². The molecule has 0 bridgehead atoms. The number of sulfone groups is 1. The number of nitrogens with one attached hydrogen (secondary N) is 1. The summed E-state index contributed by atoms with van der Waals surface area (Å²) in [4.78, 5) is 0. The molecule has 0 saturated carbocycles. The smallest absolute Gasteiger partial charge is 0.231 e. The molecule has 1 fully saturated rings. The Kier molecular flexibility index (Phi) is 3.95. The van der Waals surface area contributed by atoms with Crippen LogP contribution in [-0.4, -0.2) is 39.9 Å². The molecule has 2 aliphatic heterocycles. The maximum Gasteiger partial charge on any atom is 0.231 e. The van der Waals surface area contributed by atoms with Gasteiger partial charge in [-0.1, -0.05) is 0 Å². The van der Waals surface area contributed by atoms with E-state index in [4.69, 9.17) is 14.2 Å². The van der Waals surface area contributed by atoms with Crippen LogP contribution in [0.2, 0.25) is 0 Å². The van der Waals surface area contributed by atoms with E-state index in [1.165, 1.54) is 0 Å². The topological polar surface area (TPSA) is 73.9 Å². The highest BCUT2D eigenvalue weighted by Gasteiger charge is 2.30. The van der Waals surface area contributed by atoms with Gasteiger partial charge in [0.05, 0.1) is 18.1 Å². The van der Waals surface area contributed by atoms with Crippen LogP contribution in [-0.2, 0) is 16.4 Å². The number of hydrogen-bond acceptors (Lipinski definition) is 6. The van der Waals surface area contributed by atoms with Crippen molar-refractivity contribution >= 4 is 9.84 Å². The molecule has 0 amide bonds. The van der Waals surface area contributed by atoms with Gasteiger partial charge in [-0.15, -0.1) is 0 Å². The van der Waals surface area contributed by atoms with Gasteiger partial charge in [0.25, 0.3) is 0 Å². The minimum atomic E-state index is -2.90. The molecule has 6 nitrogen and oxygen atoms in total. The van der Waals surface area contributed by atoms with E-state index in [2.05, 4.69) is 5.32 Å². The maximum absolute atomic E-state index is 11.8. The first-order chi connectivity index (χ1) is 10.1. The quantitative estimate of drug-likeness (QED) is 0.877. The molecule has 2 aliphatic rings. The van der Waals surface area contributed by atoms with E-state index >= 15 is 0 Å². The molecule has 1 atom stereocenters. The van der Waals surface area contributed by atoms with Gasteiger partial charge in [0, 0.05) is 13.1 Å². The van der Waals surface area contributed by atoms with Gasteiger partial charge >= 0.3 is 0 Å². The van der Waals surface area contributed by atoms with Gasteiger partial charge in [0.2, 0.25) is 12.5 Å². The fraction of sp³-hybridized carbons (Fsp3) is 0.571. The number of hydrogen-bond donors (Lipinski definition) is 1. The first kappa shape index (κ1) is 14.5. The zero-order valence-electron chi connectivity index (χ0n) is 11.9. The molecule has 21 heavy (non-hydrogen) atoms. The zero-order valence-corrected chi connectivity index (χ0v) is 12.7. The minimum Gasteiger partial charge on any atom is -0.493 e. The Morgan fingerprint density at radius 2 is 2.24 bits per heavy atom. The van der Waals surface area contributed by atoms with E-state index in [9.17, 15) is 8.42 Å². The van der Waals surface area contributed by atoms with Crippen molar-refractivity contribution in [3.05, 3.63) is 17.7 Å². The van der Waals surface area contributed by atoms with E-state index in [-0.39, 0.29) is 12.0 Å². The highest BCUT2D eigenvalue weighted by Crippen LogP contribution is 2.41. The summed E-state index contributed by atoms with van der Waals surface area (Å²) >= 11 is 0. The van der Waals surface area contributed by atoms with Crippen molar-refractivity contribution in [2.24, 2.45) is 0 Å². The summed E-state index contributed by atoms with van der Waals surface area (Å²) in [6, 6.07) is 3.77. The average molecular weight is 313 g/mol. The number of rotatable bonds is 5. The lowest BCUT2D eigenvalue weighted by atomic mass is 10.1. The van der Waals surface area contributed by atoms with Crippen molar-refractivity contribution in [3.8, 4) is 17.2 Å². The lowest BCUT2D eigenvalue weighted by Crippen LogP contribution is -2.30. The molecule has 0 spiro atoms. The van der Waals surface area contributed by atoms with Gasteiger partial charge in [-0.2, -0.15) is 0 Å². The highest BCUT2D eigenvalue weighted by molar-refractivity contribution is 7.92. The number of ether oxygens (including phenoxy) is 3. The fourth-order valence-corrected chi connectivity index (χ4v) is 4.55. The Balaban J connectivity index is 1.63. The Bertz CT molecular complexity index is 628. The summed E-state index contributed by atoms with van der Waals surface area (Å²) in [5.74, 6) is 2.24. The van der Waals surface area contributed by atoms with Crippen molar-refractivity contribution in [3.63, 3.8) is 0 Å². The molecule has 0 aliphatic carbocycles. The molecule has 1 unspecified atom stereocenters. The Morgan fingerprint density at radius 1 is 1.38 bits per heavy atom. The van der Waals surface area contributed by atoms with Crippen molar-refractivity contribution < 1.29 is 22.6 Å². The molecule has 0 radical (unpaired) electrons. The first-order valence-electron chi connectivity index (χ1n) is 6.99. The van der Waals surface area contributed by atoms with Crippen LogP contribution >= 0.6 is 0 Å². The highest BCUT2D eigenvalue weighted by atomic mass is 32.2. The van der Waals surface area contributed by atoms with Crippen LogP contribution in [0.3, 0.4) is 0 Å². The van der Waals surface area contributed by atoms with Crippen molar-refractivity contribution in [2.45, 2.75) is 24.6 Å². The van der Waals surface area contributed by atoms with E-state index in [1.807, 2.05) is 12.1 Å². The molecule has 2 heterocycles. The predicted molar refractivity (Wildman–Crippen MR) is 77.6 cm³/mol. The number of benzene rings is 1. The second-order valence-corrected chi connectivity index (χ2v) is 7.69. The zero-order chi connectivity index (χ0) is 14.9. The van der Waals surface area contributed by atoms with Crippen LogP contribution in [0.4, 0.5) is 0 Å². The third-order valence-corrected chi connectivity index (χ3v) is 6.16. The Labute approximate surface area is 124 Å². The SMILES string of the molecule is COc1cc(CNCC2CCCS2(=O)=O)cc2c1OCO2. The summed E-state index contributed by atoms with van der Waals surface area (Å²) in [6.07, 6.45) is 1.52. The maximum atomic E-state index is 11.8. The van der Waals surface area contributed by atoms with Gasteiger partial charge in [-0.3, -0.25) is 0 Å². The predicted octanol–water partition coefficient (Wildman–Crippen LogP) is 1.09. The van der Waals surface area contributed by atoms with E-state index in [1.54, 1.807) is 7.11 Å². The van der Waals surface area contributed by atoms with Crippen LogP contribution in [0.1, 0.15) is 18.4 Å². The van der Waals surface area contributed by atoms with Gasteiger partial charge < -0.3 is 19.5 Å². The summed E-state index contributed by atoms with van der Waals surface area (Å²) < 4.78 is 39.5. The second kappa shape index (κ2) is 5.73. The summed E-state index contributed by atoms with van der Waals surface area (Å²) in [5, 5.41) is 2.95. The monoisotopic (exact) mass is 313 g/mol. The third kappa shape index (κ3) is 2.94. The number of fused-ring (bicyclic) bond motifs is 1. The molecule has 116 valence electrons. The average Bonchev–Trinajstić information content (AvgIpc) is 3.04. The van der Waals surface area contributed by atoms with Gasteiger partial charge in [0.1, 0.15) is 0 Å². The van der Waals surface area contributed by atoms with Gasteiger partial charge in [0.15, 0.2) is 21.3 Å². The standard InChI is InChI=1S/C14H19NO5S/c1-18-12-5-10(6-13-14(12)20-9-19-13)7-15-8-11-3-2-4-21(11,16)17/h5-6,11,15H,2-4,7-9H2,1H3. The Hall–Kier alpha value is -1.47. The molecule has 0 aromatic heterocycles. The van der Waals surface area contributed by atoms with Crippen LogP contribution in [0.15, 0.2) is 12.1 Å². The largest absolute Gasteiger partial charge is 0.493 e. The Morgan fingerprint density at radius 3 is 2.95 bits per heavy atom. The molecule has 1 N–H and O–H groups in total. The van der Waals surface area contributed by atoms with Crippen molar-refractivity contribution in [2.75, 3.05) is 26.2 Å². The van der Waals surface area contributed by atoms with Crippen LogP contribution in [0, 0.1) is 0 Å². The molecule has 3 rings (SSSR count). The van der Waals surface area contributed by atoms with Crippen LogP contribution in [0.5, 0.6) is 17.2 Å². The molecule has 1 aromatic rings. The molecular formula is C14H19NO5S. The van der Waals surface area contributed by atoms with E-state index in [0.29, 0.717) is 36.1 Å². The van der Waals surface area contributed by atoms with E-state index < -0.39 is 9.84 Å². The molecule has 1 saturated heterocycles. The van der Waals surface area contributed by atoms with Crippen molar-refractivity contribution in [1.82, 2.24) is 5.32 Å². The molecule has 1 aromatic carbocycles. The summed E-state index contributed by atoms with van der Waals surface area (Å²) in [7, 11) is -1.31. The second-order valence-electron chi connectivity index (χ2n) is 5.29. The van der Waals surface area contributed by atoms with E-state index in [0.717, 1.165) is 18.4 Å². The van der Waals surface area contributed by atoms with Gasteiger partial charge in [-0.25, -0.2) is 8.42 Å². The normalized spacial score (nSPS) is 22.4. The van der Waals surface area contributed by atoms with Crippen LogP contribution in [0.25, 0.3) is 0 Å². The third-order valence-electron chi connectivity index (χ3n) is 3.88. The molecular weight excluding hydrogens is 294 g/mol. The summed E-state index contributed by atoms with van der Waals surface area (Å²) in [6.45, 7) is 1.25. The first-order valence-corrected chi connectivity index (χ1v) is 8.70.